The first-order valence-corrected chi connectivity index (χ1v) is 8.34. The monoisotopic (exact) mass is 316 g/mol. The van der Waals surface area contributed by atoms with E-state index in [0.29, 0.717) is 0 Å². The van der Waals surface area contributed by atoms with Gasteiger partial charge in [-0.3, -0.25) is 0 Å². The van der Waals surface area contributed by atoms with Crippen LogP contribution in [0.1, 0.15) is 11.7 Å². The van der Waals surface area contributed by atoms with E-state index >= 15 is 0 Å². The van der Waals surface area contributed by atoms with Gasteiger partial charge in [0.15, 0.2) is 0 Å². The first-order valence-electron chi connectivity index (χ1n) is 8.34. The fourth-order valence-electron chi connectivity index (χ4n) is 3.10. The van der Waals surface area contributed by atoms with Gasteiger partial charge in [-0.15, -0.1) is 0 Å². The average molecular weight is 316 g/mol. The fourth-order valence-corrected chi connectivity index (χ4v) is 3.10. The minimum absolute atomic E-state index is 0.186. The Balaban J connectivity index is 1.82. The van der Waals surface area contributed by atoms with Gasteiger partial charge in [-0.05, 0) is 11.6 Å². The highest BCUT2D eigenvalue weighted by molar-refractivity contribution is 5.72. The predicted octanol–water partition coefficient (Wildman–Crippen LogP) is 3.04. The van der Waals surface area contributed by atoms with Gasteiger partial charge in [0.25, 0.3) is 0 Å². The molecule has 4 rings (SSSR count). The molecule has 120 valence electrons. The van der Waals surface area contributed by atoms with Crippen LogP contribution in [0, 0.1) is 0 Å². The van der Waals surface area contributed by atoms with Crippen LogP contribution in [0.15, 0.2) is 66.7 Å². The molecule has 1 aliphatic rings. The zero-order valence-electron chi connectivity index (χ0n) is 13.4. The van der Waals surface area contributed by atoms with Crippen molar-refractivity contribution in [3.63, 3.8) is 0 Å². The van der Waals surface area contributed by atoms with Gasteiger partial charge in [0, 0.05) is 30.8 Å². The molecule has 3 aromatic rings. The molecule has 1 fully saturated rings. The van der Waals surface area contributed by atoms with Gasteiger partial charge in [0.2, 0.25) is 0 Å². The largest absolute Gasteiger partial charge is 0.314 e. The fraction of sp³-hybridized carbons (Fsp3) is 0.200. The van der Waals surface area contributed by atoms with Crippen LogP contribution in [0.5, 0.6) is 0 Å². The van der Waals surface area contributed by atoms with Gasteiger partial charge in [0.05, 0.1) is 17.4 Å². The summed E-state index contributed by atoms with van der Waals surface area (Å²) in [5.41, 5.74) is 5.32. The number of hydrogen-bond donors (Lipinski definition) is 2. The second-order valence-electron chi connectivity index (χ2n) is 5.97. The first-order chi connectivity index (χ1) is 11.9. The normalized spacial score (nSPS) is 17.6. The van der Waals surface area contributed by atoms with Gasteiger partial charge in [-0.2, -0.15) is 10.2 Å². The molecule has 0 aliphatic carbocycles. The van der Waals surface area contributed by atoms with E-state index in [1.165, 1.54) is 5.56 Å². The average Bonchev–Trinajstić information content (AvgIpc) is 2.69. The molecule has 0 saturated carbocycles. The zero-order valence-corrected chi connectivity index (χ0v) is 13.4. The maximum atomic E-state index is 4.60. The molecule has 4 nitrogen and oxygen atoms in total. The van der Waals surface area contributed by atoms with Gasteiger partial charge in [-0.1, -0.05) is 60.7 Å². The second kappa shape index (κ2) is 6.91. The van der Waals surface area contributed by atoms with E-state index in [2.05, 4.69) is 63.3 Å². The number of benzene rings is 2. The number of rotatable bonds is 3. The predicted molar refractivity (Wildman–Crippen MR) is 96.5 cm³/mol. The molecule has 1 saturated heterocycles. The Kier molecular flexibility index (Phi) is 4.32. The summed E-state index contributed by atoms with van der Waals surface area (Å²) in [7, 11) is 0. The summed E-state index contributed by atoms with van der Waals surface area (Å²) < 4.78 is 0. The van der Waals surface area contributed by atoms with Crippen molar-refractivity contribution in [3.8, 4) is 22.4 Å². The van der Waals surface area contributed by atoms with Gasteiger partial charge >= 0.3 is 0 Å². The van der Waals surface area contributed by atoms with Crippen molar-refractivity contribution in [2.24, 2.45) is 0 Å². The Hall–Kier alpha value is -2.56. The van der Waals surface area contributed by atoms with Crippen LogP contribution in [-0.4, -0.2) is 29.8 Å². The third-order valence-electron chi connectivity index (χ3n) is 4.35. The van der Waals surface area contributed by atoms with Gasteiger partial charge in [0.1, 0.15) is 0 Å². The number of piperazine rings is 1. The summed E-state index contributed by atoms with van der Waals surface area (Å²) >= 11 is 0. The second-order valence-corrected chi connectivity index (χ2v) is 5.97. The third kappa shape index (κ3) is 3.07. The Morgan fingerprint density at radius 2 is 1.50 bits per heavy atom. The number of hydrogen-bond acceptors (Lipinski definition) is 4. The molecular formula is C20H20N4. The number of nitrogens with one attached hydrogen (secondary N) is 2. The van der Waals surface area contributed by atoms with Crippen LogP contribution in [0.25, 0.3) is 22.4 Å². The molecule has 2 N–H and O–H groups in total. The summed E-state index contributed by atoms with van der Waals surface area (Å²) in [5, 5.41) is 16.1. The number of nitrogens with zero attached hydrogens (tertiary/aromatic N) is 2. The van der Waals surface area contributed by atoms with Crippen LogP contribution in [0.4, 0.5) is 0 Å². The molecule has 1 unspecified atom stereocenters. The van der Waals surface area contributed by atoms with E-state index in [-0.39, 0.29) is 6.04 Å². The van der Waals surface area contributed by atoms with Crippen molar-refractivity contribution >= 4 is 0 Å². The topological polar surface area (TPSA) is 49.8 Å². The quantitative estimate of drug-likeness (QED) is 0.780. The molecule has 1 aliphatic heterocycles. The Morgan fingerprint density at radius 1 is 0.792 bits per heavy atom. The highest BCUT2D eigenvalue weighted by atomic mass is 15.1. The van der Waals surface area contributed by atoms with Crippen molar-refractivity contribution in [2.45, 2.75) is 6.04 Å². The molecule has 24 heavy (non-hydrogen) atoms. The standard InChI is InChI=1S/C20H20N4/c1-3-7-15(8-4-1)17-13-18(16-9-5-2-6-10-16)23-24-20(17)19-14-21-11-12-22-19/h1-10,13,19,21-22H,11-12,14H2. The van der Waals surface area contributed by atoms with E-state index in [4.69, 9.17) is 0 Å². The third-order valence-corrected chi connectivity index (χ3v) is 4.35. The summed E-state index contributed by atoms with van der Waals surface area (Å²) in [4.78, 5) is 0. The summed E-state index contributed by atoms with van der Waals surface area (Å²) in [5.74, 6) is 0. The van der Waals surface area contributed by atoms with Gasteiger partial charge in [-0.25, -0.2) is 0 Å². The van der Waals surface area contributed by atoms with Crippen molar-refractivity contribution in [3.05, 3.63) is 72.4 Å². The van der Waals surface area contributed by atoms with Crippen molar-refractivity contribution in [1.29, 1.82) is 0 Å². The van der Waals surface area contributed by atoms with E-state index in [1.54, 1.807) is 0 Å². The van der Waals surface area contributed by atoms with E-state index in [0.717, 1.165) is 42.1 Å². The molecule has 0 spiro atoms. The molecule has 2 aromatic carbocycles. The lowest BCUT2D eigenvalue weighted by molar-refractivity contribution is 0.421. The molecular weight excluding hydrogens is 296 g/mol. The Labute approximate surface area is 142 Å². The molecule has 2 heterocycles. The minimum Gasteiger partial charge on any atom is -0.314 e. The van der Waals surface area contributed by atoms with E-state index < -0.39 is 0 Å². The molecule has 0 bridgehead atoms. The van der Waals surface area contributed by atoms with Crippen LogP contribution in [0.3, 0.4) is 0 Å². The van der Waals surface area contributed by atoms with E-state index in [1.807, 2.05) is 24.3 Å². The van der Waals surface area contributed by atoms with Crippen molar-refractivity contribution < 1.29 is 0 Å². The van der Waals surface area contributed by atoms with E-state index in [9.17, 15) is 0 Å². The molecule has 0 amide bonds. The maximum Gasteiger partial charge on any atom is 0.0936 e. The smallest absolute Gasteiger partial charge is 0.0936 e. The lowest BCUT2D eigenvalue weighted by atomic mass is 9.97. The Bertz CT molecular complexity index is 796. The molecule has 0 radical (unpaired) electrons. The molecule has 1 atom stereocenters. The number of aromatic nitrogens is 2. The van der Waals surface area contributed by atoms with Crippen LogP contribution < -0.4 is 10.6 Å². The van der Waals surface area contributed by atoms with Gasteiger partial charge < -0.3 is 10.6 Å². The van der Waals surface area contributed by atoms with Crippen LogP contribution >= 0.6 is 0 Å². The zero-order chi connectivity index (χ0) is 16.2. The van der Waals surface area contributed by atoms with Crippen LogP contribution in [0.2, 0.25) is 0 Å². The van der Waals surface area contributed by atoms with Crippen molar-refractivity contribution in [2.75, 3.05) is 19.6 Å². The summed E-state index contributed by atoms with van der Waals surface area (Å²) in [6.07, 6.45) is 0. The Morgan fingerprint density at radius 3 is 2.17 bits per heavy atom. The first kappa shape index (κ1) is 15.0. The highest BCUT2D eigenvalue weighted by Crippen LogP contribution is 2.30. The lowest BCUT2D eigenvalue weighted by Gasteiger charge is -2.25. The summed E-state index contributed by atoms with van der Waals surface area (Å²) in [6, 6.07) is 23.0. The maximum absolute atomic E-state index is 4.60. The van der Waals surface area contributed by atoms with Crippen LogP contribution in [-0.2, 0) is 0 Å². The SMILES string of the molecule is c1ccc(-c2cc(-c3ccccc3)c(C3CNCCN3)nn2)cc1. The van der Waals surface area contributed by atoms with Crippen molar-refractivity contribution in [1.82, 2.24) is 20.8 Å². The summed E-state index contributed by atoms with van der Waals surface area (Å²) in [6.45, 7) is 2.81. The highest BCUT2D eigenvalue weighted by Gasteiger charge is 2.21. The lowest BCUT2D eigenvalue weighted by Crippen LogP contribution is -2.43. The minimum atomic E-state index is 0.186. The molecule has 1 aromatic heterocycles. The molecule has 4 heteroatoms.